The van der Waals surface area contributed by atoms with E-state index < -0.39 is 0 Å². The van der Waals surface area contributed by atoms with E-state index in [1.807, 2.05) is 0 Å². The van der Waals surface area contributed by atoms with Crippen LogP contribution in [0.3, 0.4) is 0 Å². The third kappa shape index (κ3) is 2.16. The number of aliphatic hydroxyl groups is 1. The van der Waals surface area contributed by atoms with Crippen LogP contribution in [0.4, 0.5) is 0 Å². The van der Waals surface area contributed by atoms with Gasteiger partial charge in [0.25, 0.3) is 0 Å². The topological polar surface area (TPSA) is 44.3 Å². The summed E-state index contributed by atoms with van der Waals surface area (Å²) in [5.74, 6) is 2.08. The molecule has 0 heterocycles. The molecule has 0 bridgehead atoms. The highest BCUT2D eigenvalue weighted by Gasteiger charge is 2.82. The normalized spacial score (nSPS) is 58.6. The van der Waals surface area contributed by atoms with Gasteiger partial charge in [-0.15, -0.1) is 0 Å². The average molecular weight is 403 g/mol. The third-order valence-corrected chi connectivity index (χ3v) is 12.5. The van der Waals surface area contributed by atoms with Gasteiger partial charge in [0.15, 0.2) is 0 Å². The maximum Gasteiger partial charge on any atom is 0.0594 e. The smallest absolute Gasteiger partial charge is 0.0594 e. The Morgan fingerprint density at radius 3 is 2.17 bits per heavy atom. The van der Waals surface area contributed by atoms with Crippen molar-refractivity contribution in [1.29, 1.82) is 0 Å². The molecular weight excluding hydrogens is 356 g/mol. The highest BCUT2D eigenvalue weighted by molar-refractivity contribution is 5.31. The van der Waals surface area contributed by atoms with Crippen molar-refractivity contribution in [2.24, 2.45) is 44.8 Å². The molecule has 0 aliphatic heterocycles. The van der Waals surface area contributed by atoms with Gasteiger partial charge in [-0.25, -0.2) is 0 Å². The second-order valence-corrected chi connectivity index (χ2v) is 13.1. The van der Waals surface area contributed by atoms with Crippen LogP contribution in [0, 0.1) is 44.8 Å². The van der Waals surface area contributed by atoms with Crippen LogP contribution in [0.25, 0.3) is 0 Å². The van der Waals surface area contributed by atoms with E-state index in [9.17, 15) is 5.11 Å². The lowest BCUT2D eigenvalue weighted by molar-refractivity contribution is -0.144. The molecule has 0 aromatic heterocycles. The fraction of sp³-hybridized carbons (Fsp3) is 1.00. The van der Waals surface area contributed by atoms with E-state index in [1.54, 1.807) is 0 Å². The first kappa shape index (κ1) is 20.8. The lowest BCUT2D eigenvalue weighted by Crippen LogP contribution is -2.59. The molecule has 10 atom stereocenters. The number of rotatable bonds is 3. The molecule has 3 N–H and O–H groups in total. The predicted molar refractivity (Wildman–Crippen MR) is 120 cm³/mol. The minimum absolute atomic E-state index is 0.147. The number of hydrogen-bond acceptors (Lipinski definition) is 3. The standard InChI is InChI=1S/C26H46N2O/c1-16(27-6)21-17(29)14-24(5)19-9-8-18-22(2,3)20(28-7)10-11-25(18)15-26(19,25)13-12-23(21,24)4/h16-21,27-29H,8-15H2,1-7H3/t16-,17+,18?,19?,20?,21?,23?,24?,25?,26?/m0/s1. The van der Waals surface area contributed by atoms with E-state index in [0.29, 0.717) is 39.7 Å². The highest BCUT2D eigenvalue weighted by atomic mass is 16.3. The van der Waals surface area contributed by atoms with Crippen LogP contribution in [0.1, 0.15) is 86.0 Å². The number of hydrogen-bond donors (Lipinski definition) is 3. The largest absolute Gasteiger partial charge is 0.393 e. The summed E-state index contributed by atoms with van der Waals surface area (Å²) in [6.45, 7) is 12.6. The van der Waals surface area contributed by atoms with E-state index >= 15 is 0 Å². The molecule has 5 fully saturated rings. The Bertz CT molecular complexity index is 692. The lowest BCUT2D eigenvalue weighted by Gasteiger charge is -2.63. The Morgan fingerprint density at radius 1 is 0.862 bits per heavy atom. The first-order valence-electron chi connectivity index (χ1n) is 12.6. The van der Waals surface area contributed by atoms with Crippen molar-refractivity contribution in [1.82, 2.24) is 10.6 Å². The van der Waals surface area contributed by atoms with Gasteiger partial charge in [-0.05, 0) is 111 Å². The van der Waals surface area contributed by atoms with Gasteiger partial charge in [0.1, 0.15) is 0 Å². The van der Waals surface area contributed by atoms with Crippen molar-refractivity contribution in [3.05, 3.63) is 0 Å². The lowest BCUT2D eigenvalue weighted by atomic mass is 9.42. The average Bonchev–Trinajstić information content (AvgIpc) is 3.26. The summed E-state index contributed by atoms with van der Waals surface area (Å²) in [6.07, 6.45) is 10.7. The highest BCUT2D eigenvalue weighted by Crippen LogP contribution is 2.88. The number of nitrogens with one attached hydrogen (secondary N) is 2. The fourth-order valence-electron chi connectivity index (χ4n) is 11.1. The Hall–Kier alpha value is -0.120. The molecule has 5 aliphatic rings. The predicted octanol–water partition coefficient (Wildman–Crippen LogP) is 4.59. The summed E-state index contributed by atoms with van der Waals surface area (Å²) in [4.78, 5) is 0. The van der Waals surface area contributed by atoms with Crippen LogP contribution in [0.15, 0.2) is 0 Å². The molecule has 0 amide bonds. The number of aliphatic hydroxyl groups excluding tert-OH is 1. The van der Waals surface area contributed by atoms with E-state index in [0.717, 1.165) is 18.3 Å². The molecule has 0 aromatic carbocycles. The first-order chi connectivity index (χ1) is 13.5. The Balaban J connectivity index is 1.52. The molecule has 3 heteroatoms. The minimum atomic E-state index is -0.147. The zero-order valence-electron chi connectivity index (χ0n) is 20.1. The minimum Gasteiger partial charge on any atom is -0.393 e. The van der Waals surface area contributed by atoms with Crippen molar-refractivity contribution in [2.75, 3.05) is 14.1 Å². The zero-order valence-corrected chi connectivity index (χ0v) is 20.1. The van der Waals surface area contributed by atoms with Gasteiger partial charge in [-0.2, -0.15) is 0 Å². The van der Waals surface area contributed by atoms with Crippen molar-refractivity contribution in [2.45, 2.75) is 104 Å². The van der Waals surface area contributed by atoms with Crippen molar-refractivity contribution >= 4 is 0 Å². The zero-order chi connectivity index (χ0) is 21.0. The van der Waals surface area contributed by atoms with Gasteiger partial charge >= 0.3 is 0 Å². The maximum atomic E-state index is 11.3. The molecule has 29 heavy (non-hydrogen) atoms. The first-order valence-corrected chi connectivity index (χ1v) is 12.6. The van der Waals surface area contributed by atoms with Crippen LogP contribution in [-0.4, -0.2) is 37.4 Å². The van der Waals surface area contributed by atoms with Crippen LogP contribution in [-0.2, 0) is 0 Å². The number of fused-ring (bicyclic) bond motifs is 2. The summed E-state index contributed by atoms with van der Waals surface area (Å²) in [7, 11) is 4.25. The third-order valence-electron chi connectivity index (χ3n) is 12.5. The monoisotopic (exact) mass is 402 g/mol. The second-order valence-electron chi connectivity index (χ2n) is 13.1. The molecule has 2 spiro atoms. The molecule has 0 radical (unpaired) electrons. The molecular formula is C26H46N2O. The molecule has 5 aliphatic carbocycles. The molecule has 0 saturated heterocycles. The SMILES string of the molecule is CNC1CCC23CC24CCC2(C)C([C@H](C)NC)[C@H](O)CC2(C)C4CCC3C1(C)C. The molecule has 0 aromatic rings. The van der Waals surface area contributed by atoms with Crippen molar-refractivity contribution in [3.8, 4) is 0 Å². The van der Waals surface area contributed by atoms with Gasteiger partial charge in [0.2, 0.25) is 0 Å². The van der Waals surface area contributed by atoms with E-state index in [-0.39, 0.29) is 11.5 Å². The maximum absolute atomic E-state index is 11.3. The van der Waals surface area contributed by atoms with Crippen molar-refractivity contribution < 1.29 is 5.11 Å². The fourth-order valence-corrected chi connectivity index (χ4v) is 11.1. The van der Waals surface area contributed by atoms with Crippen molar-refractivity contribution in [3.63, 3.8) is 0 Å². The summed E-state index contributed by atoms with van der Waals surface area (Å²) in [5, 5.41) is 18.4. The van der Waals surface area contributed by atoms with E-state index in [4.69, 9.17) is 0 Å². The van der Waals surface area contributed by atoms with Gasteiger partial charge in [-0.3, -0.25) is 0 Å². The van der Waals surface area contributed by atoms with Gasteiger partial charge in [0, 0.05) is 18.0 Å². The molecule has 166 valence electrons. The van der Waals surface area contributed by atoms with Gasteiger partial charge in [0.05, 0.1) is 6.10 Å². The summed E-state index contributed by atoms with van der Waals surface area (Å²) < 4.78 is 0. The summed E-state index contributed by atoms with van der Waals surface area (Å²) >= 11 is 0. The Morgan fingerprint density at radius 2 is 1.52 bits per heavy atom. The van der Waals surface area contributed by atoms with Crippen LogP contribution in [0.5, 0.6) is 0 Å². The Labute approximate surface area is 179 Å². The summed E-state index contributed by atoms with van der Waals surface area (Å²) in [5.41, 5.74) is 2.14. The second kappa shape index (κ2) is 6.01. The van der Waals surface area contributed by atoms with Crippen LogP contribution >= 0.6 is 0 Å². The van der Waals surface area contributed by atoms with E-state index in [2.05, 4.69) is 59.3 Å². The molecule has 3 nitrogen and oxygen atoms in total. The molecule has 5 saturated carbocycles. The molecule has 8 unspecified atom stereocenters. The van der Waals surface area contributed by atoms with Crippen LogP contribution in [0.2, 0.25) is 0 Å². The summed E-state index contributed by atoms with van der Waals surface area (Å²) in [6, 6.07) is 1.06. The quantitative estimate of drug-likeness (QED) is 0.647. The van der Waals surface area contributed by atoms with Gasteiger partial charge < -0.3 is 15.7 Å². The van der Waals surface area contributed by atoms with E-state index in [1.165, 1.54) is 44.9 Å². The Kier molecular flexibility index (Phi) is 4.31. The van der Waals surface area contributed by atoms with Crippen LogP contribution < -0.4 is 10.6 Å². The molecule has 5 rings (SSSR count). The van der Waals surface area contributed by atoms with Gasteiger partial charge in [-0.1, -0.05) is 27.7 Å².